The maximum absolute atomic E-state index is 12.0. The molecule has 1 unspecified atom stereocenters. The molecule has 0 fully saturated rings. The molecule has 3 N–H and O–H groups in total. The second-order valence-corrected chi connectivity index (χ2v) is 6.30. The number of amides is 2. The molecular formula is C17H30N2O4. The highest BCUT2D eigenvalue weighted by atomic mass is 16.6. The molecule has 0 spiro atoms. The lowest BCUT2D eigenvalue weighted by Crippen LogP contribution is -2.51. The van der Waals surface area contributed by atoms with Crippen LogP contribution in [0.3, 0.4) is 0 Å². The normalized spacial score (nSPS) is 13.6. The number of unbranched alkanes of at least 4 members (excludes halogenated alkanes) is 2. The first-order valence-electron chi connectivity index (χ1n) is 7.88. The van der Waals surface area contributed by atoms with Crippen molar-refractivity contribution in [3.63, 3.8) is 0 Å². The Morgan fingerprint density at radius 3 is 2.39 bits per heavy atom. The third-order valence-corrected chi connectivity index (χ3v) is 2.91. The Kier molecular flexibility index (Phi) is 9.97. The number of carbonyl (C=O) groups is 2. The first-order valence-corrected chi connectivity index (χ1v) is 7.88. The van der Waals surface area contributed by atoms with E-state index in [0.29, 0.717) is 6.54 Å². The number of carbonyl (C=O) groups excluding carboxylic acids is 2. The Morgan fingerprint density at radius 1 is 1.22 bits per heavy atom. The molecule has 0 saturated carbocycles. The summed E-state index contributed by atoms with van der Waals surface area (Å²) < 4.78 is 5.13. The molecule has 0 aliphatic rings. The quantitative estimate of drug-likeness (QED) is 0.424. The average molecular weight is 326 g/mol. The van der Waals surface area contributed by atoms with Crippen LogP contribution in [0.1, 0.15) is 46.5 Å². The lowest BCUT2D eigenvalue weighted by atomic mass is 10.1. The number of hydrogen-bond donors (Lipinski definition) is 3. The summed E-state index contributed by atoms with van der Waals surface area (Å²) in [5.41, 5.74) is -0.652. The third kappa shape index (κ3) is 10.5. The molecule has 0 bridgehead atoms. The Labute approximate surface area is 139 Å². The van der Waals surface area contributed by atoms with Crippen molar-refractivity contribution in [1.29, 1.82) is 0 Å². The number of allylic oxidation sites excluding steroid dienone is 1. The van der Waals surface area contributed by atoms with Crippen LogP contribution in [0.25, 0.3) is 0 Å². The fourth-order valence-electron chi connectivity index (χ4n) is 1.82. The van der Waals surface area contributed by atoms with Crippen molar-refractivity contribution in [1.82, 2.24) is 10.6 Å². The largest absolute Gasteiger partial charge is 0.444 e. The van der Waals surface area contributed by atoms with Crippen molar-refractivity contribution in [2.75, 3.05) is 6.54 Å². The monoisotopic (exact) mass is 326 g/mol. The van der Waals surface area contributed by atoms with E-state index in [-0.39, 0.29) is 6.42 Å². The van der Waals surface area contributed by atoms with Crippen LogP contribution in [0, 0.1) is 0 Å². The molecule has 2 atom stereocenters. The number of rotatable bonds is 10. The molecule has 0 aromatic rings. The molecule has 2 amide bonds. The summed E-state index contributed by atoms with van der Waals surface area (Å²) in [6.07, 6.45) is 4.18. The van der Waals surface area contributed by atoms with Crippen molar-refractivity contribution in [2.24, 2.45) is 0 Å². The highest BCUT2D eigenvalue weighted by Gasteiger charge is 2.28. The first kappa shape index (κ1) is 21.2. The Bertz CT molecular complexity index is 402. The number of hydrogen-bond acceptors (Lipinski definition) is 4. The fraction of sp³-hybridized carbons (Fsp3) is 0.647. The molecule has 0 aromatic heterocycles. The molecule has 0 rings (SSSR count). The van der Waals surface area contributed by atoms with Gasteiger partial charge in [0.15, 0.2) is 6.10 Å². The molecule has 0 radical (unpaired) electrons. The minimum Gasteiger partial charge on any atom is -0.444 e. The van der Waals surface area contributed by atoms with E-state index < -0.39 is 29.7 Å². The summed E-state index contributed by atoms with van der Waals surface area (Å²) in [7, 11) is 0. The van der Waals surface area contributed by atoms with Crippen molar-refractivity contribution in [2.45, 2.75) is 64.2 Å². The maximum atomic E-state index is 12.0. The summed E-state index contributed by atoms with van der Waals surface area (Å²) >= 11 is 0. The van der Waals surface area contributed by atoms with Gasteiger partial charge in [0.05, 0.1) is 6.04 Å². The number of aliphatic hydroxyl groups excluding tert-OH is 1. The van der Waals surface area contributed by atoms with Gasteiger partial charge in [0.25, 0.3) is 5.91 Å². The van der Waals surface area contributed by atoms with Crippen molar-refractivity contribution >= 4 is 12.0 Å². The average Bonchev–Trinajstić information content (AvgIpc) is 2.43. The highest BCUT2D eigenvalue weighted by Crippen LogP contribution is 2.08. The van der Waals surface area contributed by atoms with E-state index in [0.717, 1.165) is 19.3 Å². The zero-order valence-corrected chi connectivity index (χ0v) is 14.4. The number of aliphatic hydroxyl groups is 1. The van der Waals surface area contributed by atoms with E-state index in [1.165, 1.54) is 6.08 Å². The predicted molar refractivity (Wildman–Crippen MR) is 91.0 cm³/mol. The zero-order valence-electron chi connectivity index (χ0n) is 14.4. The molecule has 0 aromatic carbocycles. The van der Waals surface area contributed by atoms with Crippen LogP contribution < -0.4 is 10.6 Å². The summed E-state index contributed by atoms with van der Waals surface area (Å²) in [6, 6.07) is -0.782. The third-order valence-electron chi connectivity index (χ3n) is 2.91. The summed E-state index contributed by atoms with van der Waals surface area (Å²) in [5, 5.41) is 15.3. The molecule has 0 heterocycles. The van der Waals surface area contributed by atoms with Gasteiger partial charge in [-0.15, -0.1) is 13.2 Å². The molecule has 0 aliphatic heterocycles. The van der Waals surface area contributed by atoms with Gasteiger partial charge in [0.2, 0.25) is 0 Å². The number of alkyl carbamates (subject to hydrolysis) is 1. The fourth-order valence-corrected chi connectivity index (χ4v) is 1.82. The van der Waals surface area contributed by atoms with Crippen LogP contribution in [-0.4, -0.2) is 41.4 Å². The highest BCUT2D eigenvalue weighted by molar-refractivity contribution is 5.82. The molecule has 23 heavy (non-hydrogen) atoms. The molecule has 0 aliphatic carbocycles. The van der Waals surface area contributed by atoms with Gasteiger partial charge in [-0.25, -0.2) is 4.79 Å². The standard InChI is InChI=1S/C17H30N2O4/c1-6-8-9-10-12-18-15(21)14(20)13(11-7-2)19-16(22)23-17(3,4)5/h6-7,13-14,20H,1-2,8-12H2,3-5H3,(H,18,21)(H,19,22)/t13-,14?/m0/s1. The lowest BCUT2D eigenvalue weighted by molar-refractivity contribution is -0.130. The molecule has 0 saturated heterocycles. The Morgan fingerprint density at radius 2 is 1.87 bits per heavy atom. The number of ether oxygens (including phenoxy) is 1. The molecule has 132 valence electrons. The van der Waals surface area contributed by atoms with Crippen LogP contribution in [-0.2, 0) is 9.53 Å². The zero-order chi connectivity index (χ0) is 17.9. The van der Waals surface area contributed by atoms with Gasteiger partial charge in [0.1, 0.15) is 5.60 Å². The maximum Gasteiger partial charge on any atom is 0.407 e. The minimum atomic E-state index is -1.36. The summed E-state index contributed by atoms with van der Waals surface area (Å²) in [4.78, 5) is 23.7. The van der Waals surface area contributed by atoms with E-state index in [1.807, 2.05) is 6.08 Å². The van der Waals surface area contributed by atoms with E-state index in [4.69, 9.17) is 4.74 Å². The Balaban J connectivity index is 4.44. The van der Waals surface area contributed by atoms with Crippen LogP contribution in [0.4, 0.5) is 4.79 Å². The second kappa shape index (κ2) is 10.8. The van der Waals surface area contributed by atoms with Crippen molar-refractivity contribution in [3.05, 3.63) is 25.3 Å². The van der Waals surface area contributed by atoms with E-state index in [1.54, 1.807) is 20.8 Å². The Hall–Kier alpha value is -1.82. The van der Waals surface area contributed by atoms with Crippen molar-refractivity contribution in [3.8, 4) is 0 Å². The van der Waals surface area contributed by atoms with Crippen LogP contribution >= 0.6 is 0 Å². The molecular weight excluding hydrogens is 296 g/mol. The lowest BCUT2D eigenvalue weighted by Gasteiger charge is -2.25. The van der Waals surface area contributed by atoms with Crippen molar-refractivity contribution < 1.29 is 19.4 Å². The van der Waals surface area contributed by atoms with Gasteiger partial charge in [-0.3, -0.25) is 4.79 Å². The van der Waals surface area contributed by atoms with Crippen LogP contribution in [0.5, 0.6) is 0 Å². The van der Waals surface area contributed by atoms with E-state index in [2.05, 4.69) is 23.8 Å². The topological polar surface area (TPSA) is 87.7 Å². The summed E-state index contributed by atoms with van der Waals surface area (Å²) in [5.74, 6) is -0.522. The van der Waals surface area contributed by atoms with Gasteiger partial charge in [-0.1, -0.05) is 12.2 Å². The molecule has 6 heteroatoms. The summed E-state index contributed by atoms with van der Waals surface area (Å²) in [6.45, 7) is 12.9. The van der Waals surface area contributed by atoms with E-state index >= 15 is 0 Å². The van der Waals surface area contributed by atoms with Gasteiger partial charge in [-0.2, -0.15) is 0 Å². The smallest absolute Gasteiger partial charge is 0.407 e. The number of nitrogens with one attached hydrogen (secondary N) is 2. The SMILES string of the molecule is C=CCCCCNC(=O)C(O)[C@H](CC=C)NC(=O)OC(C)(C)C. The van der Waals surface area contributed by atoms with Gasteiger partial charge >= 0.3 is 6.09 Å². The van der Waals surface area contributed by atoms with Crippen LogP contribution in [0.2, 0.25) is 0 Å². The first-order chi connectivity index (χ1) is 10.7. The van der Waals surface area contributed by atoms with Gasteiger partial charge < -0.3 is 20.5 Å². The second-order valence-electron chi connectivity index (χ2n) is 6.30. The molecule has 6 nitrogen and oxygen atoms in total. The minimum absolute atomic E-state index is 0.254. The predicted octanol–water partition coefficient (Wildman–Crippen LogP) is 2.29. The van der Waals surface area contributed by atoms with Gasteiger partial charge in [0, 0.05) is 6.54 Å². The van der Waals surface area contributed by atoms with E-state index in [9.17, 15) is 14.7 Å². The van der Waals surface area contributed by atoms with Crippen LogP contribution in [0.15, 0.2) is 25.3 Å². The van der Waals surface area contributed by atoms with Gasteiger partial charge in [-0.05, 0) is 46.5 Å².